The summed E-state index contributed by atoms with van der Waals surface area (Å²) in [5, 5.41) is 0. The molecular weight excluding hydrogens is 168 g/mol. The molecule has 0 radical (unpaired) electrons. The Morgan fingerprint density at radius 1 is 0.889 bits per heavy atom. The van der Waals surface area contributed by atoms with Gasteiger partial charge in [0, 0.05) is 0 Å². The molecule has 3 fully saturated rings. The summed E-state index contributed by atoms with van der Waals surface area (Å²) in [4.78, 5) is 2.58. The number of rotatable bonds is 0. The van der Waals surface area contributed by atoms with Crippen molar-refractivity contribution in [3.8, 4) is 0 Å². The van der Waals surface area contributed by atoms with E-state index in [-0.39, 0.29) is 19.8 Å². The molecule has 0 amide bonds. The normalized spacial score (nSPS) is 40.0. The number of fused-ring (bicyclic) bond motifs is 3. The molecule has 3 rings (SSSR count). The predicted molar refractivity (Wildman–Crippen MR) is 43.7 cm³/mol. The van der Waals surface area contributed by atoms with Gasteiger partial charge in [-0.05, 0) is 44.8 Å². The molecule has 2 heteroatoms. The topological polar surface area (TPSA) is 3.24 Å². The number of nitrogens with zero attached hydrogens (tertiary/aromatic N) is 1. The molecule has 0 N–H and O–H groups in total. The van der Waals surface area contributed by atoms with Crippen molar-refractivity contribution in [2.45, 2.75) is 19.3 Å². The van der Waals surface area contributed by atoms with Crippen LogP contribution in [0.2, 0.25) is 0 Å². The molecule has 3 heterocycles. The first kappa shape index (κ1) is 7.70. The van der Waals surface area contributed by atoms with E-state index in [2.05, 4.69) is 4.90 Å². The van der Waals surface area contributed by atoms with E-state index in [0.29, 0.717) is 0 Å². The van der Waals surface area contributed by atoms with E-state index < -0.39 is 0 Å². The van der Waals surface area contributed by atoms with Crippen LogP contribution in [0.25, 0.3) is 0 Å². The summed E-state index contributed by atoms with van der Waals surface area (Å²) < 4.78 is 0. The van der Waals surface area contributed by atoms with Crippen molar-refractivity contribution in [2.24, 2.45) is 5.92 Å². The van der Waals surface area contributed by atoms with Gasteiger partial charge in [-0.2, -0.15) is 0 Å². The number of piperidine rings is 3. The molecule has 3 saturated heterocycles. The van der Waals surface area contributed by atoms with Gasteiger partial charge in [0.25, 0.3) is 0 Å². The van der Waals surface area contributed by atoms with Crippen molar-refractivity contribution in [1.29, 1.82) is 0 Å². The Morgan fingerprint density at radius 3 is 1.44 bits per heavy atom. The molecule has 0 aromatic rings. The molecule has 3 aliphatic rings. The van der Waals surface area contributed by atoms with Crippen LogP contribution in [-0.4, -0.2) is 44.3 Å². The van der Waals surface area contributed by atoms with Gasteiger partial charge in [0.15, 0.2) is 0 Å². The Bertz CT molecular complexity index is 63.9. The minimum atomic E-state index is 0. The Hall–Kier alpha value is 0.596. The molecule has 1 nitrogen and oxygen atoms in total. The third kappa shape index (κ3) is 1.54. The Morgan fingerprint density at radius 2 is 1.33 bits per heavy atom. The maximum atomic E-state index is 2.58. The summed E-state index contributed by atoms with van der Waals surface area (Å²) in [6.45, 7) is 4.18. The molecule has 52 valence electrons. The second-order valence-corrected chi connectivity index (χ2v) is 3.07. The average Bonchev–Trinajstić information content (AvgIpc) is 1.92. The summed E-state index contributed by atoms with van der Waals surface area (Å²) >= 11 is 0. The Balaban J connectivity index is 0.000000405. The predicted octanol–water partition coefficient (Wildman–Crippen LogP) is -0.0818. The fourth-order valence-electron chi connectivity index (χ4n) is 1.86. The summed E-state index contributed by atoms with van der Waals surface area (Å²) in [7, 11) is 0. The van der Waals surface area contributed by atoms with E-state index in [4.69, 9.17) is 0 Å². The van der Waals surface area contributed by atoms with Crippen LogP contribution < -0.4 is 0 Å². The zero-order valence-corrected chi connectivity index (χ0v) is 5.27. The quantitative estimate of drug-likeness (QED) is 0.476. The van der Waals surface area contributed by atoms with Gasteiger partial charge in [-0.25, -0.2) is 0 Å². The van der Waals surface area contributed by atoms with E-state index in [1.807, 2.05) is 0 Å². The van der Waals surface area contributed by atoms with Crippen molar-refractivity contribution in [2.75, 3.05) is 19.6 Å². The third-order valence-electron chi connectivity index (χ3n) is 2.56. The average molecular weight is 184 g/mol. The van der Waals surface area contributed by atoms with E-state index in [9.17, 15) is 0 Å². The van der Waals surface area contributed by atoms with Crippen molar-refractivity contribution in [3.05, 3.63) is 0 Å². The molecule has 0 saturated carbocycles. The first-order chi connectivity index (χ1) is 3.95. The van der Waals surface area contributed by atoms with Gasteiger partial charge in [0.1, 0.15) is 0 Å². The van der Waals surface area contributed by atoms with Crippen LogP contribution in [0.1, 0.15) is 19.3 Å². The summed E-state index contributed by atoms with van der Waals surface area (Å²) in [6.07, 6.45) is 4.46. The van der Waals surface area contributed by atoms with Crippen molar-refractivity contribution in [3.63, 3.8) is 0 Å². The van der Waals surface area contributed by atoms with Gasteiger partial charge in [-0.3, -0.25) is 0 Å². The van der Waals surface area contributed by atoms with Crippen molar-refractivity contribution in [1.82, 2.24) is 4.90 Å². The van der Waals surface area contributed by atoms with E-state index in [1.54, 1.807) is 0 Å². The zero-order chi connectivity index (χ0) is 5.40. The van der Waals surface area contributed by atoms with Crippen LogP contribution in [0.3, 0.4) is 0 Å². The fourth-order valence-corrected chi connectivity index (χ4v) is 1.86. The molecule has 0 aliphatic carbocycles. The molecule has 0 aromatic heterocycles. The van der Waals surface area contributed by atoms with E-state index in [1.165, 1.54) is 38.9 Å². The van der Waals surface area contributed by atoms with Gasteiger partial charge in [0.2, 0.25) is 0 Å². The van der Waals surface area contributed by atoms with Gasteiger partial charge in [0.05, 0.1) is 0 Å². The summed E-state index contributed by atoms with van der Waals surface area (Å²) in [5.41, 5.74) is 0. The number of hydrogen-bond acceptors (Lipinski definition) is 1. The van der Waals surface area contributed by atoms with Crippen LogP contribution in [0, 0.1) is 5.92 Å². The molecule has 2 bridgehead atoms. The molecule has 0 atom stereocenters. The van der Waals surface area contributed by atoms with Crippen LogP contribution in [0.15, 0.2) is 0 Å². The van der Waals surface area contributed by atoms with Crippen LogP contribution in [0.4, 0.5) is 0 Å². The summed E-state index contributed by atoms with van der Waals surface area (Å²) in [6, 6.07) is 0. The molecule has 3 aliphatic heterocycles. The fraction of sp³-hybridized carbons (Fsp3) is 1.00. The van der Waals surface area contributed by atoms with Gasteiger partial charge < -0.3 is 4.90 Å². The van der Waals surface area contributed by atoms with Gasteiger partial charge >= 0.3 is 19.8 Å². The Labute approximate surface area is 69.9 Å². The van der Waals surface area contributed by atoms with Crippen LogP contribution in [0.5, 0.6) is 0 Å². The van der Waals surface area contributed by atoms with Crippen molar-refractivity contribution >= 4 is 19.8 Å². The summed E-state index contributed by atoms with van der Waals surface area (Å²) in [5.74, 6) is 1.11. The molecular formula is C7H16GaN. The van der Waals surface area contributed by atoms with Gasteiger partial charge in [-0.15, -0.1) is 0 Å². The van der Waals surface area contributed by atoms with Crippen LogP contribution >= 0.6 is 0 Å². The SMILES string of the molecule is C1CN2CCC1CC2.[GaH3]. The zero-order valence-electron chi connectivity index (χ0n) is 5.27. The Kier molecular flexibility index (Phi) is 2.67. The number of hydrogen-bond donors (Lipinski definition) is 0. The first-order valence-corrected chi connectivity index (χ1v) is 3.67. The van der Waals surface area contributed by atoms with E-state index in [0.717, 1.165) is 5.92 Å². The first-order valence-electron chi connectivity index (χ1n) is 3.67. The van der Waals surface area contributed by atoms with Crippen molar-refractivity contribution < 1.29 is 0 Å². The standard InChI is InChI=1S/C7H13N.Ga.3H/c1-4-8-5-2-7(1)3-6-8;;;;/h7H,1-6H2;;;;. The third-order valence-corrected chi connectivity index (χ3v) is 2.56. The maximum absolute atomic E-state index is 2.58. The van der Waals surface area contributed by atoms with E-state index >= 15 is 0 Å². The van der Waals surface area contributed by atoms with Gasteiger partial charge in [-0.1, -0.05) is 0 Å². The monoisotopic (exact) mass is 183 g/mol. The van der Waals surface area contributed by atoms with Crippen LogP contribution in [-0.2, 0) is 0 Å². The second-order valence-electron chi connectivity index (χ2n) is 3.07. The second kappa shape index (κ2) is 3.13. The molecule has 0 spiro atoms. The minimum absolute atomic E-state index is 0. The molecule has 9 heavy (non-hydrogen) atoms. The molecule has 0 unspecified atom stereocenters. The molecule has 0 aromatic carbocycles.